The molecule has 0 aliphatic carbocycles. The highest BCUT2D eigenvalue weighted by molar-refractivity contribution is 5.94. The Labute approximate surface area is 175 Å². The molecule has 3 amide bonds. The fraction of sp³-hybridized carbons (Fsp3) is 0.500. The molecule has 1 spiro atoms. The highest BCUT2D eigenvalue weighted by Crippen LogP contribution is 2.52. The number of fused-ring (bicyclic) bond motifs is 1. The summed E-state index contributed by atoms with van der Waals surface area (Å²) in [4.78, 5) is 43.5. The molecule has 8 heteroatoms. The summed E-state index contributed by atoms with van der Waals surface area (Å²) in [5.74, 6) is -0.662. The zero-order valence-corrected chi connectivity index (χ0v) is 16.9. The maximum atomic E-state index is 13.3. The first-order valence-electron chi connectivity index (χ1n) is 10.3. The van der Waals surface area contributed by atoms with Crippen LogP contribution in [0.25, 0.3) is 0 Å². The number of hydrogen-bond acceptors (Lipinski definition) is 5. The second kappa shape index (κ2) is 7.12. The lowest BCUT2D eigenvalue weighted by molar-refractivity contribution is -0.149. The van der Waals surface area contributed by atoms with Crippen molar-refractivity contribution in [2.75, 3.05) is 46.4 Å². The lowest BCUT2D eigenvalue weighted by Gasteiger charge is -2.35. The molecule has 3 saturated heterocycles. The normalized spacial score (nSPS) is 32.2. The standard InChI is InChI=1S/C22H25N3O5/c1-23-9-10-24(13-17(23)26)20(27)18-16-7-8-22(30-16)14-25(21(28)19(18)22)11-12-29-15-5-3-2-4-6-15/h2-8,16,18-19H,9-14H2,1H3/t16-,18?,19?,22-/m0/s1. The van der Waals surface area contributed by atoms with Gasteiger partial charge in [-0.2, -0.15) is 0 Å². The maximum Gasteiger partial charge on any atom is 0.241 e. The van der Waals surface area contributed by atoms with E-state index >= 15 is 0 Å². The Morgan fingerprint density at radius 3 is 2.80 bits per heavy atom. The zero-order valence-electron chi connectivity index (χ0n) is 16.9. The van der Waals surface area contributed by atoms with Crippen molar-refractivity contribution >= 4 is 17.7 Å². The largest absolute Gasteiger partial charge is 0.492 e. The molecule has 1 aromatic carbocycles. The minimum Gasteiger partial charge on any atom is -0.492 e. The maximum absolute atomic E-state index is 13.3. The molecular weight excluding hydrogens is 386 g/mol. The molecule has 8 nitrogen and oxygen atoms in total. The zero-order chi connectivity index (χ0) is 20.9. The first-order valence-corrected chi connectivity index (χ1v) is 10.3. The monoisotopic (exact) mass is 411 g/mol. The molecule has 3 fully saturated rings. The molecule has 4 aliphatic rings. The van der Waals surface area contributed by atoms with Crippen LogP contribution >= 0.6 is 0 Å². The van der Waals surface area contributed by atoms with Gasteiger partial charge in [-0.1, -0.05) is 30.4 Å². The highest BCUT2D eigenvalue weighted by Gasteiger charge is 2.67. The Kier molecular flexibility index (Phi) is 4.54. The number of hydrogen-bond donors (Lipinski definition) is 0. The number of benzene rings is 1. The van der Waals surface area contributed by atoms with Gasteiger partial charge >= 0.3 is 0 Å². The first kappa shape index (κ1) is 19.1. The van der Waals surface area contributed by atoms with Crippen LogP contribution in [0.4, 0.5) is 0 Å². The summed E-state index contributed by atoms with van der Waals surface area (Å²) in [5.41, 5.74) is -0.745. The number of para-hydroxylation sites is 1. The van der Waals surface area contributed by atoms with Gasteiger partial charge in [0.15, 0.2) is 0 Å². The number of nitrogens with zero attached hydrogens (tertiary/aromatic N) is 3. The van der Waals surface area contributed by atoms with Gasteiger partial charge in [0.1, 0.15) is 18.0 Å². The smallest absolute Gasteiger partial charge is 0.241 e. The van der Waals surface area contributed by atoms with Gasteiger partial charge in [0.25, 0.3) is 0 Å². The van der Waals surface area contributed by atoms with Crippen LogP contribution in [0.2, 0.25) is 0 Å². The van der Waals surface area contributed by atoms with Crippen molar-refractivity contribution < 1.29 is 23.9 Å². The Morgan fingerprint density at radius 2 is 2.03 bits per heavy atom. The van der Waals surface area contributed by atoms with Crippen molar-refractivity contribution in [3.8, 4) is 5.75 Å². The number of carbonyl (C=O) groups is 3. The highest BCUT2D eigenvalue weighted by atomic mass is 16.5. The van der Waals surface area contributed by atoms with Crippen molar-refractivity contribution in [1.29, 1.82) is 0 Å². The van der Waals surface area contributed by atoms with Crippen LogP contribution in [-0.2, 0) is 19.1 Å². The Morgan fingerprint density at radius 1 is 1.23 bits per heavy atom. The van der Waals surface area contributed by atoms with Crippen LogP contribution in [0.3, 0.4) is 0 Å². The van der Waals surface area contributed by atoms with Crippen LogP contribution < -0.4 is 4.74 Å². The molecule has 30 heavy (non-hydrogen) atoms. The van der Waals surface area contributed by atoms with Gasteiger partial charge in [-0.05, 0) is 12.1 Å². The molecule has 4 aliphatic heterocycles. The fourth-order valence-electron chi connectivity index (χ4n) is 5.00. The predicted octanol–water partition coefficient (Wildman–Crippen LogP) is 0.148. The summed E-state index contributed by atoms with van der Waals surface area (Å²) < 4.78 is 11.9. The van der Waals surface area contributed by atoms with E-state index < -0.39 is 23.5 Å². The third-order valence-corrected chi connectivity index (χ3v) is 6.61. The minimum atomic E-state index is -0.745. The van der Waals surface area contributed by atoms with E-state index in [1.807, 2.05) is 42.5 Å². The number of carbonyl (C=O) groups excluding carboxylic acids is 3. The lowest BCUT2D eigenvalue weighted by atomic mass is 9.76. The van der Waals surface area contributed by atoms with Gasteiger partial charge in [0.2, 0.25) is 17.7 Å². The quantitative estimate of drug-likeness (QED) is 0.645. The summed E-state index contributed by atoms with van der Waals surface area (Å²) in [7, 11) is 1.73. The molecule has 2 bridgehead atoms. The number of likely N-dealkylation sites (N-methyl/N-ethyl adjacent to an activating group) is 1. The lowest BCUT2D eigenvalue weighted by Crippen LogP contribution is -2.54. The van der Waals surface area contributed by atoms with Crippen LogP contribution in [0.5, 0.6) is 5.75 Å². The number of likely N-dealkylation sites (tertiary alicyclic amines) is 1. The number of rotatable bonds is 5. The Bertz CT molecular complexity index is 903. The molecule has 0 aromatic heterocycles. The third-order valence-electron chi connectivity index (χ3n) is 6.61. The predicted molar refractivity (Wildman–Crippen MR) is 106 cm³/mol. The molecule has 0 N–H and O–H groups in total. The van der Waals surface area contributed by atoms with Crippen LogP contribution in [0.1, 0.15) is 0 Å². The minimum absolute atomic E-state index is 0.0603. The Balaban J connectivity index is 1.28. The van der Waals surface area contributed by atoms with E-state index in [1.54, 1.807) is 21.7 Å². The van der Waals surface area contributed by atoms with Gasteiger partial charge in [-0.3, -0.25) is 14.4 Å². The summed E-state index contributed by atoms with van der Waals surface area (Å²) in [6.07, 6.45) is 3.44. The Hall–Kier alpha value is -2.87. The van der Waals surface area contributed by atoms with Gasteiger partial charge < -0.3 is 24.2 Å². The summed E-state index contributed by atoms with van der Waals surface area (Å²) >= 11 is 0. The first-order chi connectivity index (χ1) is 14.5. The van der Waals surface area contributed by atoms with Gasteiger partial charge in [-0.15, -0.1) is 0 Å². The van der Waals surface area contributed by atoms with Gasteiger partial charge in [0, 0.05) is 20.1 Å². The molecular formula is C22H25N3O5. The number of ether oxygens (including phenoxy) is 2. The molecule has 1 aromatic rings. The van der Waals surface area contributed by atoms with E-state index in [1.165, 1.54) is 0 Å². The fourth-order valence-corrected chi connectivity index (χ4v) is 5.00. The molecule has 0 saturated carbocycles. The van der Waals surface area contributed by atoms with Gasteiger partial charge in [-0.25, -0.2) is 0 Å². The average Bonchev–Trinajstić information content (AvgIpc) is 3.39. The summed E-state index contributed by atoms with van der Waals surface area (Å²) in [6, 6.07) is 9.46. The van der Waals surface area contributed by atoms with Crippen molar-refractivity contribution in [3.63, 3.8) is 0 Å². The molecule has 4 heterocycles. The third kappa shape index (κ3) is 2.98. The van der Waals surface area contributed by atoms with E-state index in [9.17, 15) is 14.4 Å². The molecule has 0 radical (unpaired) electrons. The molecule has 4 atom stereocenters. The van der Waals surface area contributed by atoms with E-state index in [4.69, 9.17) is 9.47 Å². The van der Waals surface area contributed by atoms with E-state index in [-0.39, 0.29) is 24.3 Å². The van der Waals surface area contributed by atoms with Crippen molar-refractivity contribution in [1.82, 2.24) is 14.7 Å². The topological polar surface area (TPSA) is 79.4 Å². The average molecular weight is 411 g/mol. The second-order valence-corrected chi connectivity index (χ2v) is 8.40. The molecule has 5 rings (SSSR count). The summed E-state index contributed by atoms with van der Waals surface area (Å²) in [6.45, 7) is 2.28. The van der Waals surface area contributed by atoms with E-state index in [0.29, 0.717) is 32.8 Å². The van der Waals surface area contributed by atoms with E-state index in [2.05, 4.69) is 0 Å². The molecule has 2 unspecified atom stereocenters. The van der Waals surface area contributed by atoms with Crippen LogP contribution in [0.15, 0.2) is 42.5 Å². The van der Waals surface area contributed by atoms with Crippen molar-refractivity contribution in [2.45, 2.75) is 11.7 Å². The van der Waals surface area contributed by atoms with Crippen molar-refractivity contribution in [2.24, 2.45) is 11.8 Å². The number of piperazine rings is 1. The van der Waals surface area contributed by atoms with E-state index in [0.717, 1.165) is 5.75 Å². The van der Waals surface area contributed by atoms with Crippen LogP contribution in [-0.4, -0.2) is 90.5 Å². The van der Waals surface area contributed by atoms with Gasteiger partial charge in [0.05, 0.1) is 37.6 Å². The second-order valence-electron chi connectivity index (χ2n) is 8.40. The SMILES string of the molecule is CN1CCN(C(=O)C2C3C(=O)N(CCOc4ccccc4)C[C@@]34C=C[C@@H]2O4)CC1=O. The van der Waals surface area contributed by atoms with Crippen LogP contribution in [0, 0.1) is 11.8 Å². The summed E-state index contributed by atoms with van der Waals surface area (Å²) in [5, 5.41) is 0. The molecule has 158 valence electrons. The number of amides is 3. The van der Waals surface area contributed by atoms with Crippen molar-refractivity contribution in [3.05, 3.63) is 42.5 Å².